The average molecular weight is 459 g/mol. The average Bonchev–Trinajstić information content (AvgIpc) is 3.15. The molecule has 1 aromatic carbocycles. The lowest BCUT2D eigenvalue weighted by Gasteiger charge is -2.36. The van der Waals surface area contributed by atoms with E-state index < -0.39 is 12.5 Å². The van der Waals surface area contributed by atoms with Crippen LogP contribution >= 0.6 is 15.9 Å². The van der Waals surface area contributed by atoms with E-state index in [0.29, 0.717) is 24.7 Å². The molecule has 2 aliphatic heterocycles. The van der Waals surface area contributed by atoms with Crippen LogP contribution in [-0.4, -0.2) is 48.0 Å². The van der Waals surface area contributed by atoms with Gasteiger partial charge in [-0.15, -0.1) is 0 Å². The molecule has 1 aromatic rings. The molecule has 28 heavy (non-hydrogen) atoms. The van der Waals surface area contributed by atoms with E-state index in [1.165, 1.54) is 0 Å². The Morgan fingerprint density at radius 3 is 1.89 bits per heavy atom. The van der Waals surface area contributed by atoms with Gasteiger partial charge in [0.1, 0.15) is 12.5 Å². The summed E-state index contributed by atoms with van der Waals surface area (Å²) in [5.74, 6) is 0.873. The van der Waals surface area contributed by atoms with E-state index in [4.69, 9.17) is 9.47 Å². The molecule has 0 amide bonds. The van der Waals surface area contributed by atoms with Crippen LogP contribution in [0.1, 0.15) is 39.2 Å². The van der Waals surface area contributed by atoms with E-state index >= 15 is 0 Å². The molecule has 2 heterocycles. The van der Waals surface area contributed by atoms with Crippen molar-refractivity contribution >= 4 is 15.9 Å². The lowest BCUT2D eigenvalue weighted by atomic mass is 9.71. The molecule has 6 N–H and O–H groups in total. The monoisotopic (exact) mass is 458 g/mol. The topological polar surface area (TPSA) is 107 Å². The minimum Gasteiger partial charge on any atom is -0.490 e. The normalized spacial score (nSPS) is 33.8. The zero-order valence-corrected chi connectivity index (χ0v) is 18.3. The quantitative estimate of drug-likeness (QED) is 0.361. The van der Waals surface area contributed by atoms with Gasteiger partial charge in [-0.2, -0.15) is 0 Å². The number of aliphatic hydroxyl groups excluding tert-OH is 2. The van der Waals surface area contributed by atoms with Crippen molar-refractivity contribution in [2.45, 2.75) is 58.2 Å². The summed E-state index contributed by atoms with van der Waals surface area (Å²) in [7, 11) is 0. The number of rotatable bonds is 7. The van der Waals surface area contributed by atoms with Crippen LogP contribution in [-0.2, 0) is 0 Å². The largest absolute Gasteiger partial charge is 0.490 e. The third-order valence-electron chi connectivity index (χ3n) is 5.64. The van der Waals surface area contributed by atoms with Crippen LogP contribution < -0.4 is 31.2 Å². The number of nitrogens with one attached hydrogen (secondary N) is 4. The fourth-order valence-corrected chi connectivity index (χ4v) is 4.98. The third kappa shape index (κ3) is 4.16. The molecule has 6 atom stereocenters. The van der Waals surface area contributed by atoms with Gasteiger partial charge in [0.25, 0.3) is 0 Å². The molecule has 6 unspecified atom stereocenters. The first-order valence-corrected chi connectivity index (χ1v) is 10.7. The Morgan fingerprint density at radius 2 is 1.46 bits per heavy atom. The molecule has 2 fully saturated rings. The van der Waals surface area contributed by atoms with E-state index in [9.17, 15) is 10.2 Å². The van der Waals surface area contributed by atoms with Crippen molar-refractivity contribution in [3.8, 4) is 11.5 Å². The van der Waals surface area contributed by atoms with E-state index in [-0.39, 0.29) is 29.8 Å². The maximum Gasteiger partial charge on any atom is 0.175 e. The summed E-state index contributed by atoms with van der Waals surface area (Å²) in [4.78, 5) is 0. The molecular formula is C19H31BrN4O4. The molecule has 9 heteroatoms. The number of benzene rings is 1. The number of ether oxygens (including phenoxy) is 2. The van der Waals surface area contributed by atoms with E-state index in [1.54, 1.807) is 0 Å². The van der Waals surface area contributed by atoms with Crippen molar-refractivity contribution < 1.29 is 19.7 Å². The molecule has 0 bridgehead atoms. The van der Waals surface area contributed by atoms with Crippen LogP contribution in [0.5, 0.6) is 11.5 Å². The number of aliphatic hydroxyl groups is 2. The summed E-state index contributed by atoms with van der Waals surface area (Å²) in [5.41, 5.74) is 13.1. The Hall–Kier alpha value is -0.940. The standard InChI is InChI=1S/C19H31BrN4O4/c1-5-27-13-8-11(7-12(20)17(13)28-6-2)16(14-9(3)21-23-18(14)25)15-10(4)22-24-19(15)26/h7-10,14-16,18-19,21-26H,5-6H2,1-4H3. The fourth-order valence-electron chi connectivity index (χ4n) is 4.41. The summed E-state index contributed by atoms with van der Waals surface area (Å²) < 4.78 is 12.4. The zero-order chi connectivity index (χ0) is 20.4. The van der Waals surface area contributed by atoms with Crippen molar-refractivity contribution in [3.05, 3.63) is 22.2 Å². The lowest BCUT2D eigenvalue weighted by molar-refractivity contribution is 0.0396. The van der Waals surface area contributed by atoms with Gasteiger partial charge in [-0.05, 0) is 61.3 Å². The minimum absolute atomic E-state index is 0.0147. The maximum absolute atomic E-state index is 10.6. The van der Waals surface area contributed by atoms with Crippen LogP contribution in [0.25, 0.3) is 0 Å². The Morgan fingerprint density at radius 1 is 0.929 bits per heavy atom. The van der Waals surface area contributed by atoms with E-state index in [2.05, 4.69) is 37.6 Å². The van der Waals surface area contributed by atoms with Gasteiger partial charge >= 0.3 is 0 Å². The number of halogens is 1. The summed E-state index contributed by atoms with van der Waals surface area (Å²) in [6, 6.07) is 4.01. The van der Waals surface area contributed by atoms with Gasteiger partial charge in [0.2, 0.25) is 0 Å². The van der Waals surface area contributed by atoms with Crippen molar-refractivity contribution in [1.29, 1.82) is 0 Å². The molecule has 0 saturated carbocycles. The first-order chi connectivity index (χ1) is 13.4. The molecular weight excluding hydrogens is 428 g/mol. The first kappa shape index (κ1) is 21.8. The predicted octanol–water partition coefficient (Wildman–Crippen LogP) is 1.19. The lowest BCUT2D eigenvalue weighted by Crippen LogP contribution is -2.41. The number of hydrazine groups is 2. The van der Waals surface area contributed by atoms with Crippen molar-refractivity contribution in [2.75, 3.05) is 13.2 Å². The second-order valence-electron chi connectivity index (χ2n) is 7.42. The fraction of sp³-hybridized carbons (Fsp3) is 0.684. The predicted molar refractivity (Wildman–Crippen MR) is 110 cm³/mol. The summed E-state index contributed by atoms with van der Waals surface area (Å²) >= 11 is 3.62. The SMILES string of the molecule is CCOc1cc(C(C2C(C)NNC2O)C2C(C)NNC2O)cc(Br)c1OCC. The highest BCUT2D eigenvalue weighted by Crippen LogP contribution is 2.46. The molecule has 158 valence electrons. The highest BCUT2D eigenvalue weighted by Gasteiger charge is 2.48. The van der Waals surface area contributed by atoms with Crippen LogP contribution in [0.2, 0.25) is 0 Å². The van der Waals surface area contributed by atoms with Crippen LogP contribution in [0.3, 0.4) is 0 Å². The summed E-state index contributed by atoms with van der Waals surface area (Å²) in [5, 5.41) is 21.3. The third-order valence-corrected chi connectivity index (χ3v) is 6.23. The molecule has 2 aliphatic rings. The zero-order valence-electron chi connectivity index (χ0n) is 16.7. The molecule has 0 spiro atoms. The second-order valence-corrected chi connectivity index (χ2v) is 8.28. The van der Waals surface area contributed by atoms with E-state index in [0.717, 1.165) is 10.0 Å². The molecule has 2 saturated heterocycles. The molecule has 8 nitrogen and oxygen atoms in total. The number of hydrogen-bond donors (Lipinski definition) is 6. The highest BCUT2D eigenvalue weighted by molar-refractivity contribution is 9.10. The Bertz CT molecular complexity index is 636. The van der Waals surface area contributed by atoms with E-state index in [1.807, 2.05) is 39.8 Å². The molecule has 0 radical (unpaired) electrons. The Balaban J connectivity index is 2.09. The van der Waals surface area contributed by atoms with Crippen LogP contribution in [0, 0.1) is 11.8 Å². The van der Waals surface area contributed by atoms with Gasteiger partial charge in [-0.1, -0.05) is 0 Å². The summed E-state index contributed by atoms with van der Waals surface area (Å²) in [6.07, 6.45) is -1.47. The van der Waals surface area contributed by atoms with Crippen LogP contribution in [0.4, 0.5) is 0 Å². The second kappa shape index (κ2) is 9.25. The van der Waals surface area contributed by atoms with Gasteiger partial charge in [0, 0.05) is 29.8 Å². The molecule has 3 rings (SSSR count). The Kier molecular flexibility index (Phi) is 7.19. The highest BCUT2D eigenvalue weighted by atomic mass is 79.9. The van der Waals surface area contributed by atoms with Gasteiger partial charge in [0.05, 0.1) is 17.7 Å². The minimum atomic E-state index is -0.735. The van der Waals surface area contributed by atoms with Crippen molar-refractivity contribution in [3.63, 3.8) is 0 Å². The molecule has 0 aliphatic carbocycles. The van der Waals surface area contributed by atoms with Crippen molar-refractivity contribution in [1.82, 2.24) is 21.7 Å². The summed E-state index contributed by atoms with van der Waals surface area (Å²) in [6.45, 7) is 8.96. The van der Waals surface area contributed by atoms with Crippen molar-refractivity contribution in [2.24, 2.45) is 11.8 Å². The molecule has 0 aromatic heterocycles. The van der Waals surface area contributed by atoms with Gasteiger partial charge < -0.3 is 19.7 Å². The number of hydrogen-bond acceptors (Lipinski definition) is 8. The Labute approximate surface area is 174 Å². The maximum atomic E-state index is 10.6. The van der Waals surface area contributed by atoms with Gasteiger partial charge in [0.15, 0.2) is 11.5 Å². The van der Waals surface area contributed by atoms with Gasteiger partial charge in [-0.25, -0.2) is 10.9 Å². The smallest absolute Gasteiger partial charge is 0.175 e. The van der Waals surface area contributed by atoms with Crippen LogP contribution in [0.15, 0.2) is 16.6 Å². The first-order valence-electron chi connectivity index (χ1n) is 9.86. The van der Waals surface area contributed by atoms with Gasteiger partial charge in [-0.3, -0.25) is 10.9 Å².